The molecule has 2 aromatic rings. The number of sulfone groups is 1. The summed E-state index contributed by atoms with van der Waals surface area (Å²) in [6.45, 7) is -3.14. The Kier molecular flexibility index (Phi) is 6.36. The van der Waals surface area contributed by atoms with Crippen LogP contribution in [-0.4, -0.2) is 33.3 Å². The number of benzene rings is 2. The van der Waals surface area contributed by atoms with Gasteiger partial charge in [0.1, 0.15) is 0 Å². The standard InChI is InChI=1S/C20H21F2NO5S/c1-27-17-11-5-10-16(18(17)28-20(21)22)19(24)23-13-6-4-9-15(12-13)29(25,26)14-7-2-3-8-14/h4-6,9-12,14,20H,2-3,7-8H2,1H3,(H,23,24). The maximum absolute atomic E-state index is 12.8. The summed E-state index contributed by atoms with van der Waals surface area (Å²) < 4.78 is 60.5. The molecule has 0 atom stereocenters. The minimum Gasteiger partial charge on any atom is -0.493 e. The third kappa shape index (κ3) is 4.67. The number of ether oxygens (including phenoxy) is 2. The maximum atomic E-state index is 12.8. The Morgan fingerprint density at radius 3 is 2.48 bits per heavy atom. The Labute approximate surface area is 167 Å². The van der Waals surface area contributed by atoms with Gasteiger partial charge >= 0.3 is 6.61 Å². The van der Waals surface area contributed by atoms with Crippen LogP contribution >= 0.6 is 0 Å². The number of alkyl halides is 2. The molecule has 0 aliphatic heterocycles. The van der Waals surface area contributed by atoms with E-state index in [1.165, 1.54) is 49.6 Å². The van der Waals surface area contributed by atoms with E-state index in [2.05, 4.69) is 10.1 Å². The van der Waals surface area contributed by atoms with Crippen molar-refractivity contribution in [2.45, 2.75) is 42.4 Å². The van der Waals surface area contributed by atoms with Crippen LogP contribution in [0, 0.1) is 0 Å². The van der Waals surface area contributed by atoms with Gasteiger partial charge < -0.3 is 14.8 Å². The first-order valence-corrected chi connectivity index (χ1v) is 10.6. The number of hydrogen-bond donors (Lipinski definition) is 1. The molecule has 0 aromatic heterocycles. The van der Waals surface area contributed by atoms with Gasteiger partial charge in [-0.1, -0.05) is 25.0 Å². The van der Waals surface area contributed by atoms with Crippen molar-refractivity contribution in [3.8, 4) is 11.5 Å². The molecule has 0 unspecified atom stereocenters. The lowest BCUT2D eigenvalue weighted by atomic mass is 10.1. The van der Waals surface area contributed by atoms with Crippen LogP contribution in [0.15, 0.2) is 47.4 Å². The highest BCUT2D eigenvalue weighted by Gasteiger charge is 2.30. The first-order chi connectivity index (χ1) is 13.8. The van der Waals surface area contributed by atoms with Crippen molar-refractivity contribution < 1.29 is 31.5 Å². The van der Waals surface area contributed by atoms with Crippen LogP contribution < -0.4 is 14.8 Å². The van der Waals surface area contributed by atoms with E-state index in [1.807, 2.05) is 0 Å². The summed E-state index contributed by atoms with van der Waals surface area (Å²) in [7, 11) is -2.22. The first kappa shape index (κ1) is 21.0. The number of methoxy groups -OCH3 is 1. The van der Waals surface area contributed by atoms with Gasteiger partial charge in [0.15, 0.2) is 21.3 Å². The Morgan fingerprint density at radius 2 is 1.83 bits per heavy atom. The molecule has 0 heterocycles. The lowest BCUT2D eigenvalue weighted by molar-refractivity contribution is -0.0515. The van der Waals surface area contributed by atoms with Crippen molar-refractivity contribution in [2.75, 3.05) is 12.4 Å². The smallest absolute Gasteiger partial charge is 0.387 e. The second-order valence-electron chi connectivity index (χ2n) is 6.65. The van der Waals surface area contributed by atoms with Crippen molar-refractivity contribution in [1.29, 1.82) is 0 Å². The molecular formula is C20H21F2NO5S. The van der Waals surface area contributed by atoms with Crippen LogP contribution in [0.4, 0.5) is 14.5 Å². The topological polar surface area (TPSA) is 81.7 Å². The second kappa shape index (κ2) is 8.77. The highest BCUT2D eigenvalue weighted by atomic mass is 32.2. The lowest BCUT2D eigenvalue weighted by Crippen LogP contribution is -2.19. The Hall–Kier alpha value is -2.68. The molecule has 0 spiro atoms. The predicted molar refractivity (Wildman–Crippen MR) is 103 cm³/mol. The minimum atomic E-state index is -3.49. The molecule has 1 N–H and O–H groups in total. The number of anilines is 1. The normalized spacial score (nSPS) is 14.8. The molecule has 1 saturated carbocycles. The predicted octanol–water partition coefficient (Wildman–Crippen LogP) is 4.27. The zero-order chi connectivity index (χ0) is 21.0. The fourth-order valence-electron chi connectivity index (χ4n) is 3.41. The molecule has 1 aliphatic rings. The molecule has 0 bridgehead atoms. The van der Waals surface area contributed by atoms with Gasteiger partial charge in [-0.3, -0.25) is 4.79 Å². The van der Waals surface area contributed by atoms with Gasteiger partial charge in [0, 0.05) is 5.69 Å². The van der Waals surface area contributed by atoms with Crippen LogP contribution in [0.5, 0.6) is 11.5 Å². The van der Waals surface area contributed by atoms with Crippen molar-refractivity contribution in [1.82, 2.24) is 0 Å². The average molecular weight is 425 g/mol. The monoisotopic (exact) mass is 425 g/mol. The van der Waals surface area contributed by atoms with Crippen molar-refractivity contribution in [3.63, 3.8) is 0 Å². The number of nitrogens with one attached hydrogen (secondary N) is 1. The fraction of sp³-hybridized carbons (Fsp3) is 0.350. The number of halogens is 2. The highest BCUT2D eigenvalue weighted by Crippen LogP contribution is 2.34. The van der Waals surface area contributed by atoms with Gasteiger partial charge in [-0.25, -0.2) is 8.42 Å². The number of hydrogen-bond acceptors (Lipinski definition) is 5. The second-order valence-corrected chi connectivity index (χ2v) is 8.88. The summed E-state index contributed by atoms with van der Waals surface area (Å²) in [4.78, 5) is 12.8. The Bertz CT molecular complexity index is 988. The molecule has 9 heteroatoms. The zero-order valence-electron chi connectivity index (χ0n) is 15.7. The molecular weight excluding hydrogens is 404 g/mol. The Morgan fingerprint density at radius 1 is 1.14 bits per heavy atom. The van der Waals surface area contributed by atoms with E-state index >= 15 is 0 Å². The van der Waals surface area contributed by atoms with Crippen molar-refractivity contribution in [2.24, 2.45) is 0 Å². The van der Waals surface area contributed by atoms with Crippen LogP contribution in [0.2, 0.25) is 0 Å². The summed E-state index contributed by atoms with van der Waals surface area (Å²) >= 11 is 0. The average Bonchev–Trinajstić information content (AvgIpc) is 3.23. The Balaban J connectivity index is 1.87. The van der Waals surface area contributed by atoms with E-state index in [0.29, 0.717) is 12.8 Å². The van der Waals surface area contributed by atoms with Gasteiger partial charge in [-0.05, 0) is 43.2 Å². The summed E-state index contributed by atoms with van der Waals surface area (Å²) in [6.07, 6.45) is 3.00. The molecule has 1 aliphatic carbocycles. The maximum Gasteiger partial charge on any atom is 0.387 e. The largest absolute Gasteiger partial charge is 0.493 e. The van der Waals surface area contributed by atoms with E-state index in [0.717, 1.165) is 12.8 Å². The zero-order valence-corrected chi connectivity index (χ0v) is 16.5. The molecule has 29 heavy (non-hydrogen) atoms. The highest BCUT2D eigenvalue weighted by molar-refractivity contribution is 7.92. The van der Waals surface area contributed by atoms with Crippen molar-refractivity contribution >= 4 is 21.4 Å². The summed E-state index contributed by atoms with van der Waals surface area (Å²) in [5.41, 5.74) is 0.0774. The van der Waals surface area contributed by atoms with Crippen LogP contribution in [-0.2, 0) is 9.84 Å². The van der Waals surface area contributed by atoms with Crippen LogP contribution in [0.25, 0.3) is 0 Å². The van der Waals surface area contributed by atoms with Gasteiger partial charge in [-0.15, -0.1) is 0 Å². The van der Waals surface area contributed by atoms with E-state index in [-0.39, 0.29) is 21.9 Å². The van der Waals surface area contributed by atoms with E-state index in [4.69, 9.17) is 4.74 Å². The minimum absolute atomic E-state index is 0.0180. The van der Waals surface area contributed by atoms with E-state index in [9.17, 15) is 22.0 Å². The molecule has 156 valence electrons. The SMILES string of the molecule is COc1cccc(C(=O)Nc2cccc(S(=O)(=O)C3CCCC3)c2)c1OC(F)F. The number of rotatable bonds is 7. The quantitative estimate of drug-likeness (QED) is 0.717. The third-order valence-corrected chi connectivity index (χ3v) is 7.07. The number of para-hydroxylation sites is 1. The first-order valence-electron chi connectivity index (χ1n) is 9.10. The summed E-state index contributed by atoms with van der Waals surface area (Å²) in [5, 5.41) is 2.12. The molecule has 3 rings (SSSR count). The number of amides is 1. The molecule has 2 aromatic carbocycles. The molecule has 0 radical (unpaired) electrons. The summed E-state index contributed by atoms with van der Waals surface area (Å²) in [6, 6.07) is 10.1. The van der Waals surface area contributed by atoms with Gasteiger partial charge in [-0.2, -0.15) is 8.78 Å². The molecule has 6 nitrogen and oxygen atoms in total. The third-order valence-electron chi connectivity index (χ3n) is 4.81. The van der Waals surface area contributed by atoms with Gasteiger partial charge in [0.05, 0.1) is 22.8 Å². The number of carbonyl (C=O) groups is 1. The molecule has 0 saturated heterocycles. The van der Waals surface area contributed by atoms with Gasteiger partial charge in [0.25, 0.3) is 5.91 Å². The molecule has 1 fully saturated rings. The van der Waals surface area contributed by atoms with Gasteiger partial charge in [0.2, 0.25) is 0 Å². The van der Waals surface area contributed by atoms with Crippen molar-refractivity contribution in [3.05, 3.63) is 48.0 Å². The van der Waals surface area contributed by atoms with E-state index < -0.39 is 33.4 Å². The van der Waals surface area contributed by atoms with Crippen LogP contribution in [0.1, 0.15) is 36.0 Å². The lowest BCUT2D eigenvalue weighted by Gasteiger charge is -2.15. The summed E-state index contributed by atoms with van der Waals surface area (Å²) in [5.74, 6) is -1.14. The molecule has 1 amide bonds. The number of carbonyl (C=O) groups excluding carboxylic acids is 1. The van der Waals surface area contributed by atoms with Crippen LogP contribution in [0.3, 0.4) is 0 Å². The van der Waals surface area contributed by atoms with E-state index in [1.54, 1.807) is 0 Å². The fourth-order valence-corrected chi connectivity index (χ4v) is 5.30.